The van der Waals surface area contributed by atoms with Crippen LogP contribution in [0, 0.1) is 0 Å². The summed E-state index contributed by atoms with van der Waals surface area (Å²) in [5, 5.41) is 1.58. The number of fused-ring (bicyclic) bond motifs is 1. The highest BCUT2D eigenvalue weighted by Gasteiger charge is 2.49. The van der Waals surface area contributed by atoms with Crippen LogP contribution in [0.15, 0.2) is 54.7 Å². The maximum Gasteiger partial charge on any atom is 0.415 e. The van der Waals surface area contributed by atoms with Gasteiger partial charge in [0.05, 0.1) is 32.7 Å². The minimum absolute atomic E-state index is 0.0214. The topological polar surface area (TPSA) is 74.9 Å². The molecule has 31 heavy (non-hydrogen) atoms. The fourth-order valence-electron chi connectivity index (χ4n) is 4.29. The number of aromatic nitrogens is 1. The number of amides is 2. The number of anilines is 1. The minimum Gasteiger partial charge on any atom is -0.436 e. The molecule has 0 unspecified atom stereocenters. The third-order valence-corrected chi connectivity index (χ3v) is 6.04. The number of hydrogen-bond acceptors (Lipinski definition) is 4. The molecule has 2 fully saturated rings. The number of ether oxygens (including phenoxy) is 2. The lowest BCUT2D eigenvalue weighted by Gasteiger charge is -2.29. The summed E-state index contributed by atoms with van der Waals surface area (Å²) < 4.78 is 11.5. The van der Waals surface area contributed by atoms with Crippen LogP contribution in [-0.4, -0.2) is 60.3 Å². The Kier molecular flexibility index (Phi) is 5.08. The summed E-state index contributed by atoms with van der Waals surface area (Å²) in [6.45, 7) is 1.68. The lowest BCUT2D eigenvalue weighted by Crippen LogP contribution is -2.49. The van der Waals surface area contributed by atoms with Gasteiger partial charge in [-0.25, -0.2) is 4.79 Å². The molecule has 2 aliphatic rings. The minimum atomic E-state index is -0.911. The number of halogens is 1. The number of carbonyl (C=O) groups excluding carboxylic acids is 2. The molecule has 1 aromatic heterocycles. The molecule has 0 aliphatic carbocycles. The number of aromatic amines is 1. The first-order valence-corrected chi connectivity index (χ1v) is 10.6. The summed E-state index contributed by atoms with van der Waals surface area (Å²) >= 11 is 6.09. The molecule has 2 saturated heterocycles. The zero-order valence-electron chi connectivity index (χ0n) is 16.8. The summed E-state index contributed by atoms with van der Waals surface area (Å²) in [5.74, 6) is -0.0214. The summed E-state index contributed by atoms with van der Waals surface area (Å²) in [4.78, 5) is 32.3. The highest BCUT2D eigenvalue weighted by Crippen LogP contribution is 2.32. The first-order chi connectivity index (χ1) is 15.0. The normalized spacial score (nSPS) is 21.5. The van der Waals surface area contributed by atoms with Crippen molar-refractivity contribution in [2.24, 2.45) is 0 Å². The molecule has 3 aromatic rings. The summed E-state index contributed by atoms with van der Waals surface area (Å²) in [5.41, 5.74) is 1.70. The number of carbonyl (C=O) groups is 2. The van der Waals surface area contributed by atoms with Crippen molar-refractivity contribution in [3.63, 3.8) is 0 Å². The smallest absolute Gasteiger partial charge is 0.415 e. The van der Waals surface area contributed by atoms with E-state index in [0.717, 1.165) is 16.5 Å². The number of hydrogen-bond donors (Lipinski definition) is 1. The Morgan fingerprint density at radius 3 is 2.90 bits per heavy atom. The van der Waals surface area contributed by atoms with Crippen LogP contribution in [0.2, 0.25) is 5.02 Å². The summed E-state index contributed by atoms with van der Waals surface area (Å²) in [6, 6.07) is 15.0. The van der Waals surface area contributed by atoms with E-state index in [1.807, 2.05) is 36.5 Å². The van der Waals surface area contributed by atoms with Gasteiger partial charge in [0, 0.05) is 34.4 Å². The molecular weight excluding hydrogens is 418 g/mol. The van der Waals surface area contributed by atoms with Gasteiger partial charge in [-0.1, -0.05) is 35.9 Å². The lowest BCUT2D eigenvalue weighted by atomic mass is 10.0. The molecular formula is C23H22ClN3O4. The quantitative estimate of drug-likeness (QED) is 0.676. The molecule has 2 aliphatic heterocycles. The molecule has 1 N–H and O–H groups in total. The molecule has 1 spiro atoms. The standard InChI is InChI=1S/C23H22ClN3O4/c24-17-4-3-5-18(11-17)27-14-23(31-22(27)29)13-26(8-9-30-15-23)21(28)10-16-12-25-20-7-2-1-6-19(16)20/h1-7,11-12,25H,8-10,13-15H2/t23-/m0/s1. The van der Waals surface area contributed by atoms with Crippen LogP contribution in [0.1, 0.15) is 5.56 Å². The van der Waals surface area contributed by atoms with Crippen LogP contribution in [0.5, 0.6) is 0 Å². The average molecular weight is 440 g/mol. The summed E-state index contributed by atoms with van der Waals surface area (Å²) in [7, 11) is 0. The van der Waals surface area contributed by atoms with Gasteiger partial charge >= 0.3 is 6.09 Å². The van der Waals surface area contributed by atoms with Gasteiger partial charge in [0.2, 0.25) is 5.91 Å². The van der Waals surface area contributed by atoms with Crippen LogP contribution in [-0.2, 0) is 20.7 Å². The van der Waals surface area contributed by atoms with E-state index in [1.165, 1.54) is 0 Å². The number of H-pyrrole nitrogens is 1. The van der Waals surface area contributed by atoms with E-state index in [0.29, 0.717) is 30.4 Å². The van der Waals surface area contributed by atoms with Gasteiger partial charge in [-0.15, -0.1) is 0 Å². The highest BCUT2D eigenvalue weighted by molar-refractivity contribution is 6.30. The Morgan fingerprint density at radius 2 is 2.03 bits per heavy atom. The van der Waals surface area contributed by atoms with Gasteiger partial charge in [0.1, 0.15) is 0 Å². The van der Waals surface area contributed by atoms with Crippen molar-refractivity contribution in [1.82, 2.24) is 9.88 Å². The van der Waals surface area contributed by atoms with E-state index in [9.17, 15) is 9.59 Å². The fourth-order valence-corrected chi connectivity index (χ4v) is 4.48. The zero-order chi connectivity index (χ0) is 21.4. The molecule has 0 saturated carbocycles. The molecule has 0 radical (unpaired) electrons. The Bertz CT molecular complexity index is 1150. The predicted octanol–water partition coefficient (Wildman–Crippen LogP) is 3.62. The Hall–Kier alpha value is -3.03. The van der Waals surface area contributed by atoms with Gasteiger partial charge in [-0.3, -0.25) is 9.69 Å². The third kappa shape index (κ3) is 3.86. The molecule has 2 amide bonds. The van der Waals surface area contributed by atoms with E-state index in [1.54, 1.807) is 28.0 Å². The van der Waals surface area contributed by atoms with Crippen LogP contribution >= 0.6 is 11.6 Å². The van der Waals surface area contributed by atoms with E-state index in [-0.39, 0.29) is 25.5 Å². The zero-order valence-corrected chi connectivity index (χ0v) is 17.6. The second-order valence-corrected chi connectivity index (χ2v) is 8.46. The molecule has 160 valence electrons. The van der Waals surface area contributed by atoms with Crippen molar-refractivity contribution in [2.45, 2.75) is 12.0 Å². The lowest BCUT2D eigenvalue weighted by molar-refractivity contribution is -0.132. The maximum atomic E-state index is 13.2. The number of para-hydroxylation sites is 1. The Balaban J connectivity index is 1.34. The second kappa shape index (κ2) is 7.90. The van der Waals surface area contributed by atoms with Crippen molar-refractivity contribution >= 4 is 40.2 Å². The Morgan fingerprint density at radius 1 is 1.16 bits per heavy atom. The van der Waals surface area contributed by atoms with Gasteiger partial charge in [0.15, 0.2) is 5.60 Å². The first kappa shape index (κ1) is 19.9. The molecule has 3 heterocycles. The SMILES string of the molecule is O=C(Cc1c[nH]c2ccccc12)N1CCOC[C@]2(C1)CN(c1cccc(Cl)c1)C(=O)O2. The van der Waals surface area contributed by atoms with E-state index in [4.69, 9.17) is 21.1 Å². The van der Waals surface area contributed by atoms with E-state index in [2.05, 4.69) is 4.98 Å². The van der Waals surface area contributed by atoms with Gasteiger partial charge in [-0.2, -0.15) is 0 Å². The molecule has 2 aromatic carbocycles. The average Bonchev–Trinajstić information content (AvgIpc) is 3.23. The van der Waals surface area contributed by atoms with Crippen LogP contribution in [0.25, 0.3) is 10.9 Å². The van der Waals surface area contributed by atoms with Crippen molar-refractivity contribution in [1.29, 1.82) is 0 Å². The Labute approximate surface area is 184 Å². The fraction of sp³-hybridized carbons (Fsp3) is 0.304. The summed E-state index contributed by atoms with van der Waals surface area (Å²) in [6.07, 6.45) is 1.69. The number of nitrogens with zero attached hydrogens (tertiary/aromatic N) is 2. The third-order valence-electron chi connectivity index (χ3n) is 5.81. The van der Waals surface area contributed by atoms with Crippen molar-refractivity contribution < 1.29 is 19.1 Å². The largest absolute Gasteiger partial charge is 0.436 e. The monoisotopic (exact) mass is 439 g/mol. The molecule has 0 bridgehead atoms. The second-order valence-electron chi connectivity index (χ2n) is 8.02. The van der Waals surface area contributed by atoms with Gasteiger partial charge < -0.3 is 19.4 Å². The number of nitrogens with one attached hydrogen (secondary N) is 1. The first-order valence-electron chi connectivity index (χ1n) is 10.2. The van der Waals surface area contributed by atoms with Gasteiger partial charge in [0.25, 0.3) is 0 Å². The molecule has 1 atom stereocenters. The molecule has 5 rings (SSSR count). The van der Waals surface area contributed by atoms with E-state index < -0.39 is 11.7 Å². The van der Waals surface area contributed by atoms with Crippen molar-refractivity contribution in [3.8, 4) is 0 Å². The number of benzene rings is 2. The van der Waals surface area contributed by atoms with Crippen molar-refractivity contribution in [3.05, 3.63) is 65.3 Å². The van der Waals surface area contributed by atoms with Crippen molar-refractivity contribution in [2.75, 3.05) is 37.7 Å². The van der Waals surface area contributed by atoms with E-state index >= 15 is 0 Å². The number of rotatable bonds is 3. The van der Waals surface area contributed by atoms with Gasteiger partial charge in [-0.05, 0) is 29.8 Å². The molecule has 8 heteroatoms. The highest BCUT2D eigenvalue weighted by atomic mass is 35.5. The van der Waals surface area contributed by atoms with Crippen LogP contribution < -0.4 is 4.90 Å². The predicted molar refractivity (Wildman–Crippen MR) is 117 cm³/mol. The van der Waals surface area contributed by atoms with Crippen LogP contribution in [0.3, 0.4) is 0 Å². The maximum absolute atomic E-state index is 13.2. The molecule has 7 nitrogen and oxygen atoms in total. The van der Waals surface area contributed by atoms with Crippen LogP contribution in [0.4, 0.5) is 10.5 Å².